The Bertz CT molecular complexity index is 565. The Morgan fingerprint density at radius 3 is 2.50 bits per heavy atom. The van der Waals surface area contributed by atoms with Crippen LogP contribution in [0.2, 0.25) is 0 Å². The molecule has 0 bridgehead atoms. The first-order chi connectivity index (χ1) is 9.61. The molecular weight excluding hydrogens is 298 g/mol. The summed E-state index contributed by atoms with van der Waals surface area (Å²) in [7, 11) is 1.87. The number of hydrogen-bond acceptors (Lipinski definition) is 1. The third-order valence-electron chi connectivity index (χ3n) is 3.61. The van der Waals surface area contributed by atoms with Crippen LogP contribution in [-0.2, 0) is 18.9 Å². The molecule has 2 nitrogen and oxygen atoms in total. The lowest BCUT2D eigenvalue weighted by Crippen LogP contribution is -2.32. The van der Waals surface area contributed by atoms with E-state index in [4.69, 9.17) is 23.2 Å². The van der Waals surface area contributed by atoms with Crippen molar-refractivity contribution in [3.8, 4) is 0 Å². The topological polar surface area (TPSA) is 17.8 Å². The first-order valence-electron chi connectivity index (χ1n) is 6.46. The molecule has 0 saturated heterocycles. The lowest BCUT2D eigenvalue weighted by molar-refractivity contribution is 0.460. The summed E-state index contributed by atoms with van der Waals surface area (Å²) in [5, 5.41) is 4.14. The molecule has 0 aliphatic carbocycles. The van der Waals surface area contributed by atoms with Crippen molar-refractivity contribution in [2.45, 2.75) is 18.3 Å². The zero-order valence-electron chi connectivity index (χ0n) is 11.3. The standard InChI is InChI=1S/C15H17Cl2FN2/c1-20-9-12(8-19-20)6-7-15(10-16,11-17)13-4-2-3-5-14(13)18/h2-5,8-9H,6-7,10-11H2,1H3. The molecule has 0 atom stereocenters. The van der Waals surface area contributed by atoms with E-state index < -0.39 is 5.41 Å². The van der Waals surface area contributed by atoms with Gasteiger partial charge in [0.15, 0.2) is 0 Å². The second kappa shape index (κ2) is 6.59. The van der Waals surface area contributed by atoms with Gasteiger partial charge in [-0.25, -0.2) is 4.39 Å². The van der Waals surface area contributed by atoms with E-state index in [0.29, 0.717) is 12.0 Å². The van der Waals surface area contributed by atoms with Gasteiger partial charge in [-0.15, -0.1) is 23.2 Å². The van der Waals surface area contributed by atoms with Crippen LogP contribution in [0.1, 0.15) is 17.5 Å². The van der Waals surface area contributed by atoms with E-state index >= 15 is 0 Å². The maximum Gasteiger partial charge on any atom is 0.127 e. The highest BCUT2D eigenvalue weighted by molar-refractivity contribution is 6.22. The fourth-order valence-electron chi connectivity index (χ4n) is 2.32. The van der Waals surface area contributed by atoms with E-state index in [1.54, 1.807) is 16.8 Å². The highest BCUT2D eigenvalue weighted by Crippen LogP contribution is 2.34. The predicted octanol–water partition coefficient (Wildman–Crippen LogP) is 3.91. The van der Waals surface area contributed by atoms with Crippen LogP contribution in [0.4, 0.5) is 4.39 Å². The number of rotatable bonds is 6. The van der Waals surface area contributed by atoms with Crippen LogP contribution in [-0.4, -0.2) is 21.5 Å². The van der Waals surface area contributed by atoms with Crippen molar-refractivity contribution in [1.82, 2.24) is 9.78 Å². The van der Waals surface area contributed by atoms with Gasteiger partial charge in [0.05, 0.1) is 6.20 Å². The minimum Gasteiger partial charge on any atom is -0.276 e. The summed E-state index contributed by atoms with van der Waals surface area (Å²) < 4.78 is 15.8. The number of halogens is 3. The smallest absolute Gasteiger partial charge is 0.127 e. The lowest BCUT2D eigenvalue weighted by Gasteiger charge is -2.30. The largest absolute Gasteiger partial charge is 0.276 e. The zero-order valence-corrected chi connectivity index (χ0v) is 12.8. The highest BCUT2D eigenvalue weighted by Gasteiger charge is 2.32. The SMILES string of the molecule is Cn1cc(CCC(CCl)(CCl)c2ccccc2F)cn1. The number of aryl methyl sites for hydroxylation is 2. The molecule has 0 aliphatic rings. The van der Waals surface area contributed by atoms with Crippen molar-refractivity contribution in [2.75, 3.05) is 11.8 Å². The van der Waals surface area contributed by atoms with Crippen molar-refractivity contribution in [3.63, 3.8) is 0 Å². The molecule has 2 aromatic rings. The monoisotopic (exact) mass is 314 g/mol. The second-order valence-electron chi connectivity index (χ2n) is 5.05. The van der Waals surface area contributed by atoms with Gasteiger partial charge in [-0.05, 0) is 30.0 Å². The van der Waals surface area contributed by atoms with Crippen molar-refractivity contribution < 1.29 is 4.39 Å². The summed E-state index contributed by atoms with van der Waals surface area (Å²) >= 11 is 12.3. The van der Waals surface area contributed by atoms with Crippen molar-refractivity contribution in [2.24, 2.45) is 7.05 Å². The zero-order chi connectivity index (χ0) is 14.6. The van der Waals surface area contributed by atoms with E-state index in [2.05, 4.69) is 5.10 Å². The van der Waals surface area contributed by atoms with Gasteiger partial charge in [-0.3, -0.25) is 4.68 Å². The molecule has 1 aromatic carbocycles. The summed E-state index contributed by atoms with van der Waals surface area (Å²) in [6.07, 6.45) is 5.22. The lowest BCUT2D eigenvalue weighted by atomic mass is 9.79. The molecule has 2 rings (SSSR count). The summed E-state index contributed by atoms with van der Waals surface area (Å²) in [5.41, 5.74) is 1.14. The molecule has 0 N–H and O–H groups in total. The van der Waals surface area contributed by atoms with E-state index in [-0.39, 0.29) is 17.6 Å². The minimum absolute atomic E-state index is 0.250. The van der Waals surface area contributed by atoms with E-state index in [1.165, 1.54) is 6.07 Å². The van der Waals surface area contributed by atoms with Gasteiger partial charge >= 0.3 is 0 Å². The minimum atomic E-state index is -0.551. The Morgan fingerprint density at radius 1 is 1.25 bits per heavy atom. The number of hydrogen-bond donors (Lipinski definition) is 0. The quantitative estimate of drug-likeness (QED) is 0.739. The molecule has 0 amide bonds. The molecule has 108 valence electrons. The normalized spacial score (nSPS) is 11.8. The average Bonchev–Trinajstić information content (AvgIpc) is 2.88. The summed E-state index contributed by atoms with van der Waals surface area (Å²) in [6, 6.07) is 6.71. The van der Waals surface area contributed by atoms with Crippen molar-refractivity contribution in [3.05, 3.63) is 53.6 Å². The van der Waals surface area contributed by atoms with Gasteiger partial charge in [-0.1, -0.05) is 18.2 Å². The maximum absolute atomic E-state index is 14.1. The molecule has 0 aliphatic heterocycles. The average molecular weight is 315 g/mol. The van der Waals surface area contributed by atoms with Crippen LogP contribution in [0.25, 0.3) is 0 Å². The van der Waals surface area contributed by atoms with Crippen molar-refractivity contribution in [1.29, 1.82) is 0 Å². The van der Waals surface area contributed by atoms with E-state index in [9.17, 15) is 4.39 Å². The summed E-state index contributed by atoms with van der Waals surface area (Å²) in [6.45, 7) is 0. The third kappa shape index (κ3) is 3.15. The van der Waals surface area contributed by atoms with Crippen LogP contribution in [0.3, 0.4) is 0 Å². The van der Waals surface area contributed by atoms with Crippen LogP contribution >= 0.6 is 23.2 Å². The molecule has 0 fully saturated rings. The molecule has 0 unspecified atom stereocenters. The highest BCUT2D eigenvalue weighted by atomic mass is 35.5. The molecule has 5 heteroatoms. The van der Waals surface area contributed by atoms with E-state index in [1.807, 2.05) is 25.5 Å². The Hall–Kier alpha value is -1.06. The number of benzene rings is 1. The molecule has 1 heterocycles. The first kappa shape index (κ1) is 15.3. The molecule has 0 saturated carbocycles. The van der Waals surface area contributed by atoms with E-state index in [0.717, 1.165) is 12.0 Å². The van der Waals surface area contributed by atoms with Gasteiger partial charge < -0.3 is 0 Å². The Labute approximate surface area is 128 Å². The molecule has 1 aromatic heterocycles. The predicted molar refractivity (Wildman–Crippen MR) is 81.0 cm³/mol. The fourth-order valence-corrected chi connectivity index (χ4v) is 3.16. The van der Waals surface area contributed by atoms with Crippen molar-refractivity contribution >= 4 is 23.2 Å². The summed E-state index contributed by atoms with van der Waals surface area (Å²) in [4.78, 5) is 0. The van der Waals surface area contributed by atoms with Gasteiger partial charge in [0.2, 0.25) is 0 Å². The van der Waals surface area contributed by atoms with Crippen LogP contribution in [0, 0.1) is 5.82 Å². The maximum atomic E-state index is 14.1. The molecule has 20 heavy (non-hydrogen) atoms. The Kier molecular flexibility index (Phi) is 5.06. The summed E-state index contributed by atoms with van der Waals surface area (Å²) in [5.74, 6) is 0.329. The first-order valence-corrected chi connectivity index (χ1v) is 7.53. The molecular formula is C15H17Cl2FN2. The molecule has 0 spiro atoms. The number of alkyl halides is 2. The fraction of sp³-hybridized carbons (Fsp3) is 0.400. The number of aromatic nitrogens is 2. The third-order valence-corrected chi connectivity index (χ3v) is 4.63. The van der Waals surface area contributed by atoms with Crippen LogP contribution in [0.15, 0.2) is 36.7 Å². The van der Waals surface area contributed by atoms with Gasteiger partial charge in [0.1, 0.15) is 5.82 Å². The second-order valence-corrected chi connectivity index (χ2v) is 5.58. The van der Waals surface area contributed by atoms with Gasteiger partial charge in [0.25, 0.3) is 0 Å². The van der Waals surface area contributed by atoms with Gasteiger partial charge in [0, 0.05) is 30.4 Å². The molecule has 0 radical (unpaired) electrons. The Balaban J connectivity index is 2.23. The van der Waals surface area contributed by atoms with Crippen LogP contribution < -0.4 is 0 Å². The number of nitrogens with zero attached hydrogens (tertiary/aromatic N) is 2. The Morgan fingerprint density at radius 2 is 1.95 bits per heavy atom. The van der Waals surface area contributed by atoms with Gasteiger partial charge in [-0.2, -0.15) is 5.10 Å². The van der Waals surface area contributed by atoms with Crippen LogP contribution in [0.5, 0.6) is 0 Å².